The third kappa shape index (κ3) is 12.4. The highest BCUT2D eigenvalue weighted by molar-refractivity contribution is 5.78. The van der Waals surface area contributed by atoms with Crippen LogP contribution in [0.2, 0.25) is 0 Å². The van der Waals surface area contributed by atoms with E-state index in [0.717, 1.165) is 12.8 Å². The second-order valence-corrected chi connectivity index (χ2v) is 6.04. The van der Waals surface area contributed by atoms with E-state index in [9.17, 15) is 4.79 Å². The summed E-state index contributed by atoms with van der Waals surface area (Å²) in [6.45, 7) is 6.15. The maximum Gasteiger partial charge on any atom is 0.132 e. The van der Waals surface area contributed by atoms with Gasteiger partial charge >= 0.3 is 0 Å². The molecule has 0 rings (SSSR count). The molecular formula is C18H36O. The van der Waals surface area contributed by atoms with Crippen molar-refractivity contribution in [2.45, 2.75) is 104 Å². The summed E-state index contributed by atoms with van der Waals surface area (Å²) in [6, 6.07) is 0. The number of unbranched alkanes of at least 4 members (excludes halogenated alkanes) is 10. The number of hydrogen-bond donors (Lipinski definition) is 0. The van der Waals surface area contributed by atoms with Crippen molar-refractivity contribution in [3.63, 3.8) is 0 Å². The van der Waals surface area contributed by atoms with Crippen LogP contribution in [-0.2, 0) is 4.79 Å². The summed E-state index contributed by atoms with van der Waals surface area (Å²) in [4.78, 5) is 11.3. The van der Waals surface area contributed by atoms with Crippen LogP contribution in [0.3, 0.4) is 0 Å². The Morgan fingerprint density at radius 3 is 1.53 bits per heavy atom. The van der Waals surface area contributed by atoms with Crippen molar-refractivity contribution in [1.82, 2.24) is 0 Å². The topological polar surface area (TPSA) is 17.1 Å². The quantitative estimate of drug-likeness (QED) is 0.338. The Bertz CT molecular complexity index is 198. The van der Waals surface area contributed by atoms with E-state index < -0.39 is 0 Å². The van der Waals surface area contributed by atoms with Gasteiger partial charge < -0.3 is 0 Å². The van der Waals surface area contributed by atoms with E-state index in [1.54, 1.807) is 6.92 Å². The lowest BCUT2D eigenvalue weighted by molar-refractivity contribution is -0.121. The summed E-state index contributed by atoms with van der Waals surface area (Å²) < 4.78 is 0. The minimum absolute atomic E-state index is 0.332. The fraction of sp³-hybridized carbons (Fsp3) is 0.944. The average molecular weight is 268 g/mol. The number of Topliss-reactive ketones (excluding diaryl/α,β-unsaturated/α-hetero) is 1. The van der Waals surface area contributed by atoms with Gasteiger partial charge in [-0.1, -0.05) is 84.5 Å². The van der Waals surface area contributed by atoms with Crippen molar-refractivity contribution in [3.8, 4) is 0 Å². The molecule has 19 heavy (non-hydrogen) atoms. The van der Waals surface area contributed by atoms with Crippen LogP contribution in [0.25, 0.3) is 0 Å². The molecule has 0 bridgehead atoms. The van der Waals surface area contributed by atoms with Crippen molar-refractivity contribution in [3.05, 3.63) is 0 Å². The van der Waals surface area contributed by atoms with Crippen molar-refractivity contribution < 1.29 is 4.79 Å². The first kappa shape index (κ1) is 18.7. The Morgan fingerprint density at radius 1 is 0.737 bits per heavy atom. The van der Waals surface area contributed by atoms with Gasteiger partial charge in [-0.05, 0) is 19.8 Å². The zero-order valence-corrected chi connectivity index (χ0v) is 13.7. The smallest absolute Gasteiger partial charge is 0.132 e. The second-order valence-electron chi connectivity index (χ2n) is 6.04. The molecule has 0 heterocycles. The van der Waals surface area contributed by atoms with Gasteiger partial charge in [-0.25, -0.2) is 0 Å². The SMILES string of the molecule is CCCCCCCCCCCCCC(CC)C(C)=O. The van der Waals surface area contributed by atoms with E-state index in [-0.39, 0.29) is 0 Å². The molecule has 0 saturated carbocycles. The highest BCUT2D eigenvalue weighted by Crippen LogP contribution is 2.16. The van der Waals surface area contributed by atoms with E-state index in [2.05, 4.69) is 13.8 Å². The highest BCUT2D eigenvalue weighted by atomic mass is 16.1. The van der Waals surface area contributed by atoms with Crippen molar-refractivity contribution in [1.29, 1.82) is 0 Å². The van der Waals surface area contributed by atoms with Crippen LogP contribution in [0, 0.1) is 5.92 Å². The molecular weight excluding hydrogens is 232 g/mol. The molecule has 0 aromatic rings. The molecule has 0 N–H and O–H groups in total. The predicted octanol–water partition coefficient (Wildman–Crippen LogP) is 6.30. The van der Waals surface area contributed by atoms with Crippen LogP contribution in [0.4, 0.5) is 0 Å². The molecule has 0 amide bonds. The third-order valence-electron chi connectivity index (χ3n) is 4.22. The van der Waals surface area contributed by atoms with Crippen molar-refractivity contribution in [2.24, 2.45) is 5.92 Å². The maximum atomic E-state index is 11.3. The number of hydrogen-bond acceptors (Lipinski definition) is 1. The van der Waals surface area contributed by atoms with E-state index in [1.807, 2.05) is 0 Å². The Labute approximate surface area is 121 Å². The average Bonchev–Trinajstić information content (AvgIpc) is 2.40. The lowest BCUT2D eigenvalue weighted by Gasteiger charge is -2.10. The molecule has 1 nitrogen and oxygen atoms in total. The molecule has 0 saturated heterocycles. The Balaban J connectivity index is 3.16. The molecule has 0 spiro atoms. The van der Waals surface area contributed by atoms with E-state index in [4.69, 9.17) is 0 Å². The van der Waals surface area contributed by atoms with Crippen LogP contribution in [0.15, 0.2) is 0 Å². The van der Waals surface area contributed by atoms with Gasteiger partial charge in [0.15, 0.2) is 0 Å². The predicted molar refractivity (Wildman–Crippen MR) is 85.5 cm³/mol. The standard InChI is InChI=1S/C18H36O/c1-4-6-7-8-9-10-11-12-13-14-15-16-18(5-2)17(3)19/h18H,4-16H2,1-3H3. The fourth-order valence-electron chi connectivity index (χ4n) is 2.75. The zero-order valence-electron chi connectivity index (χ0n) is 13.7. The maximum absolute atomic E-state index is 11.3. The van der Waals surface area contributed by atoms with Crippen LogP contribution < -0.4 is 0 Å². The molecule has 0 aliphatic carbocycles. The van der Waals surface area contributed by atoms with Crippen molar-refractivity contribution in [2.75, 3.05) is 0 Å². The number of rotatable bonds is 14. The zero-order chi connectivity index (χ0) is 14.3. The molecule has 1 unspecified atom stereocenters. The minimum atomic E-state index is 0.332. The van der Waals surface area contributed by atoms with Crippen LogP contribution in [-0.4, -0.2) is 5.78 Å². The summed E-state index contributed by atoms with van der Waals surface area (Å²) in [7, 11) is 0. The second kappa shape index (κ2) is 14.1. The molecule has 1 heteroatoms. The summed E-state index contributed by atoms with van der Waals surface area (Å²) in [5.41, 5.74) is 0. The van der Waals surface area contributed by atoms with E-state index >= 15 is 0 Å². The van der Waals surface area contributed by atoms with Gasteiger partial charge in [-0.3, -0.25) is 4.79 Å². The first-order valence-electron chi connectivity index (χ1n) is 8.72. The minimum Gasteiger partial charge on any atom is -0.300 e. The van der Waals surface area contributed by atoms with Gasteiger partial charge in [0.05, 0.1) is 0 Å². The molecule has 1 atom stereocenters. The first-order chi connectivity index (χ1) is 9.22. The summed E-state index contributed by atoms with van der Waals surface area (Å²) in [6.07, 6.45) is 17.4. The Kier molecular flexibility index (Phi) is 13.8. The normalized spacial score (nSPS) is 12.6. The lowest BCUT2D eigenvalue weighted by Crippen LogP contribution is -2.09. The number of carbonyl (C=O) groups excluding carboxylic acids is 1. The summed E-state index contributed by atoms with van der Waals surface area (Å²) in [5, 5.41) is 0. The summed E-state index contributed by atoms with van der Waals surface area (Å²) in [5.74, 6) is 0.716. The molecule has 0 aliphatic heterocycles. The molecule has 0 aliphatic rings. The van der Waals surface area contributed by atoms with Gasteiger partial charge in [-0.15, -0.1) is 0 Å². The van der Waals surface area contributed by atoms with Gasteiger partial charge in [0, 0.05) is 5.92 Å². The first-order valence-corrected chi connectivity index (χ1v) is 8.72. The van der Waals surface area contributed by atoms with E-state index in [0.29, 0.717) is 11.7 Å². The molecule has 0 radical (unpaired) electrons. The van der Waals surface area contributed by atoms with Gasteiger partial charge in [0.1, 0.15) is 5.78 Å². The molecule has 114 valence electrons. The van der Waals surface area contributed by atoms with Crippen LogP contribution in [0.5, 0.6) is 0 Å². The fourth-order valence-corrected chi connectivity index (χ4v) is 2.75. The lowest BCUT2D eigenvalue weighted by atomic mass is 9.94. The van der Waals surface area contributed by atoms with E-state index in [1.165, 1.54) is 70.6 Å². The van der Waals surface area contributed by atoms with Gasteiger partial charge in [-0.2, -0.15) is 0 Å². The van der Waals surface area contributed by atoms with Crippen LogP contribution in [0.1, 0.15) is 104 Å². The molecule has 0 aromatic carbocycles. The molecule has 0 aromatic heterocycles. The third-order valence-corrected chi connectivity index (χ3v) is 4.22. The van der Waals surface area contributed by atoms with Gasteiger partial charge in [0.25, 0.3) is 0 Å². The number of ketones is 1. The monoisotopic (exact) mass is 268 g/mol. The largest absolute Gasteiger partial charge is 0.300 e. The highest BCUT2D eigenvalue weighted by Gasteiger charge is 2.10. The number of carbonyl (C=O) groups is 1. The Hall–Kier alpha value is -0.330. The summed E-state index contributed by atoms with van der Waals surface area (Å²) >= 11 is 0. The van der Waals surface area contributed by atoms with Gasteiger partial charge in [0.2, 0.25) is 0 Å². The molecule has 0 fully saturated rings. The Morgan fingerprint density at radius 2 is 1.16 bits per heavy atom. The van der Waals surface area contributed by atoms with Crippen LogP contribution >= 0.6 is 0 Å². The van der Waals surface area contributed by atoms with Crippen molar-refractivity contribution >= 4 is 5.78 Å².